The molecule has 11 fully saturated rings. The molecule has 0 bridgehead atoms. The van der Waals surface area contributed by atoms with E-state index < -0.39 is 72.4 Å². The lowest BCUT2D eigenvalue weighted by Crippen LogP contribution is -2.59. The summed E-state index contributed by atoms with van der Waals surface area (Å²) in [5, 5.41) is 0. The van der Waals surface area contributed by atoms with E-state index in [9.17, 15) is 52.7 Å². The maximum Gasteiger partial charge on any atom is 0.246 e. The molecule has 11 amide bonds. The van der Waals surface area contributed by atoms with Gasteiger partial charge in [0.25, 0.3) is 0 Å². The molecule has 0 aromatic rings. The quantitative estimate of drug-likeness (QED) is 0.272. The van der Waals surface area contributed by atoms with Crippen LogP contribution in [0.25, 0.3) is 0 Å². The Kier molecular flexibility index (Phi) is 16.7. The number of hydrogen-bond donors (Lipinski definition) is 1. The topological polar surface area (TPSA) is 249 Å². The van der Waals surface area contributed by atoms with E-state index >= 15 is 0 Å². The molecule has 11 atom stereocenters. The number of nitrogens with zero attached hydrogens (tertiary/aromatic N) is 11. The number of carbonyl (C=O) groups excluding carboxylic acids is 11. The van der Waals surface area contributed by atoms with Crippen molar-refractivity contribution in [2.45, 2.75) is 215 Å². The molecule has 11 heterocycles. The van der Waals surface area contributed by atoms with E-state index in [0.717, 1.165) is 6.42 Å². The van der Waals surface area contributed by atoms with E-state index in [1.165, 1.54) is 11.8 Å². The molecular weight excluding hydrogens is 1060 g/mol. The predicted molar refractivity (Wildman–Crippen MR) is 295 cm³/mol. The van der Waals surface area contributed by atoms with Crippen molar-refractivity contribution in [1.29, 1.82) is 0 Å². The molecule has 11 rings (SSSR count). The Morgan fingerprint density at radius 2 is 0.420 bits per heavy atom. The molecule has 0 saturated carbocycles. The molecule has 0 spiro atoms. The van der Waals surface area contributed by atoms with E-state index in [4.69, 9.17) is 18.0 Å². The SMILES string of the molecule is CC(=O)N1CCC[C@H]1C(=O)N1CCC[C@H]1C(=O)N1CCC[C@H]1C(=O)N1CCC[C@H]1C(=O)N1CCCC1C(=O)N1CCCC1C(=O)N1CCCC1C(=S)N1CCCC1C(=O)N1CCCC1C(=O)N1CCC[C@H]1C(=O)N1CCC[C@H]1C(N)=O. The van der Waals surface area contributed by atoms with Gasteiger partial charge in [0.2, 0.25) is 65.0 Å². The molecule has 0 aromatic carbocycles. The zero-order valence-corrected chi connectivity index (χ0v) is 47.9. The fourth-order valence-corrected chi connectivity index (χ4v) is 16.7. The van der Waals surface area contributed by atoms with E-state index in [-0.39, 0.29) is 59.1 Å². The Bertz CT molecular complexity index is 2420. The van der Waals surface area contributed by atoms with Crippen LogP contribution in [0.2, 0.25) is 0 Å². The molecular formula is C57H82N12O11S. The third-order valence-corrected chi connectivity index (χ3v) is 20.7. The molecule has 24 heteroatoms. The van der Waals surface area contributed by atoms with Crippen molar-refractivity contribution in [3.63, 3.8) is 0 Å². The van der Waals surface area contributed by atoms with Crippen molar-refractivity contribution in [2.75, 3.05) is 72.0 Å². The second kappa shape index (κ2) is 23.7. The Labute approximate surface area is 479 Å². The summed E-state index contributed by atoms with van der Waals surface area (Å²) in [6.07, 6.45) is 12.4. The number of nitrogens with two attached hydrogens (primary N) is 1. The molecule has 11 aliphatic heterocycles. The van der Waals surface area contributed by atoms with Crippen molar-refractivity contribution >= 4 is 82.2 Å². The first-order valence-corrected chi connectivity index (χ1v) is 31.1. The molecule has 0 aliphatic carbocycles. The summed E-state index contributed by atoms with van der Waals surface area (Å²) in [5.74, 6) is -2.99. The largest absolute Gasteiger partial charge is 0.368 e. The van der Waals surface area contributed by atoms with Gasteiger partial charge in [-0.1, -0.05) is 12.2 Å². The number of amides is 11. The first kappa shape index (κ1) is 56.9. The molecule has 442 valence electrons. The number of hydrogen-bond acceptors (Lipinski definition) is 12. The van der Waals surface area contributed by atoms with Gasteiger partial charge in [-0.25, -0.2) is 0 Å². The first-order valence-electron chi connectivity index (χ1n) is 30.7. The first-order chi connectivity index (χ1) is 39.1. The minimum Gasteiger partial charge on any atom is -0.368 e. The average Bonchev–Trinajstić information content (AvgIpc) is 4.34. The van der Waals surface area contributed by atoms with Crippen molar-refractivity contribution in [3.8, 4) is 0 Å². The Morgan fingerprint density at radius 3 is 0.654 bits per heavy atom. The molecule has 0 radical (unpaired) electrons. The summed E-state index contributed by atoms with van der Waals surface area (Å²) in [4.78, 5) is 173. The van der Waals surface area contributed by atoms with Crippen LogP contribution in [-0.2, 0) is 52.7 Å². The molecule has 0 aromatic heterocycles. The normalized spacial score (nSPS) is 32.4. The Hall–Kier alpha value is -5.94. The highest BCUT2D eigenvalue weighted by Gasteiger charge is 2.53. The lowest BCUT2D eigenvalue weighted by atomic mass is 10.1. The Morgan fingerprint density at radius 1 is 0.259 bits per heavy atom. The van der Waals surface area contributed by atoms with Crippen LogP contribution in [0.5, 0.6) is 0 Å². The summed E-state index contributed by atoms with van der Waals surface area (Å²) in [7, 11) is 0. The third kappa shape index (κ3) is 10.4. The van der Waals surface area contributed by atoms with Crippen LogP contribution in [0, 0.1) is 0 Å². The van der Waals surface area contributed by atoms with Crippen molar-refractivity contribution in [1.82, 2.24) is 53.9 Å². The summed E-state index contributed by atoms with van der Waals surface area (Å²) < 4.78 is 0. The molecule has 11 aliphatic rings. The van der Waals surface area contributed by atoms with Crippen molar-refractivity contribution in [3.05, 3.63) is 0 Å². The van der Waals surface area contributed by atoms with Crippen LogP contribution >= 0.6 is 12.2 Å². The molecule has 11 saturated heterocycles. The van der Waals surface area contributed by atoms with Crippen LogP contribution in [0.1, 0.15) is 148 Å². The van der Waals surface area contributed by atoms with E-state index in [2.05, 4.69) is 0 Å². The van der Waals surface area contributed by atoms with Crippen LogP contribution in [-0.4, -0.2) is 262 Å². The van der Waals surface area contributed by atoms with Gasteiger partial charge in [0, 0.05) is 78.9 Å². The lowest BCUT2D eigenvalue weighted by Gasteiger charge is -2.38. The fraction of sp³-hybridized carbons (Fsp3) is 0.789. The number of rotatable bonds is 11. The van der Waals surface area contributed by atoms with Gasteiger partial charge in [0.15, 0.2) is 0 Å². The zero-order chi connectivity index (χ0) is 57.0. The zero-order valence-electron chi connectivity index (χ0n) is 47.1. The minimum atomic E-state index is -0.805. The van der Waals surface area contributed by atoms with Gasteiger partial charge in [0.05, 0.1) is 6.04 Å². The van der Waals surface area contributed by atoms with Crippen molar-refractivity contribution in [2.24, 2.45) is 5.73 Å². The van der Waals surface area contributed by atoms with Crippen LogP contribution in [0.15, 0.2) is 0 Å². The van der Waals surface area contributed by atoms with Gasteiger partial charge < -0.3 is 59.6 Å². The summed E-state index contributed by atoms with van der Waals surface area (Å²) >= 11 is 6.24. The smallest absolute Gasteiger partial charge is 0.246 e. The summed E-state index contributed by atoms with van der Waals surface area (Å²) in [6.45, 7) is 5.92. The van der Waals surface area contributed by atoms with E-state index in [0.29, 0.717) is 212 Å². The van der Waals surface area contributed by atoms with Crippen molar-refractivity contribution < 1.29 is 52.7 Å². The minimum absolute atomic E-state index is 0.165. The maximum atomic E-state index is 14.9. The second-order valence-corrected chi connectivity index (χ2v) is 25.1. The highest BCUT2D eigenvalue weighted by atomic mass is 32.1. The molecule has 23 nitrogen and oxygen atoms in total. The fourth-order valence-electron chi connectivity index (χ4n) is 16.2. The summed E-state index contributed by atoms with van der Waals surface area (Å²) in [6, 6.07) is -7.68. The predicted octanol–water partition coefficient (Wildman–Crippen LogP) is 0.193. The molecule has 81 heavy (non-hydrogen) atoms. The number of thiocarbonyl (C=S) groups is 1. The van der Waals surface area contributed by atoms with Crippen LogP contribution < -0.4 is 5.73 Å². The van der Waals surface area contributed by atoms with Gasteiger partial charge in [-0.3, -0.25) is 52.7 Å². The second-order valence-electron chi connectivity index (χ2n) is 24.7. The lowest BCUT2D eigenvalue weighted by molar-refractivity contribution is -0.154. The maximum absolute atomic E-state index is 14.9. The van der Waals surface area contributed by atoms with Crippen LogP contribution in [0.3, 0.4) is 0 Å². The molecule has 2 N–H and O–H groups in total. The van der Waals surface area contributed by atoms with Gasteiger partial charge in [-0.15, -0.1) is 0 Å². The number of primary amides is 1. The third-order valence-electron chi connectivity index (χ3n) is 20.2. The standard InChI is InChI=1S/C57H82N12O11S/c1-35(70)59-24-3-14-37(59)48(72)61-26-5-16-39(61)50(74)63-28-6-17-40(63)51(75)64-29-7-18-41(64)52(76)65-30-8-19-42(65)53(77)66-31-10-21-44(66)55(79)68-33-12-23-46(68)57(81)69-34-11-22-45(69)56(80)67-32-9-20-43(67)54(78)62-27-4-15-38(62)49(73)60-25-2-13-36(60)47(58)71/h36-46H,2-34H2,1H3,(H2,58,71)/t36-,37-,38-,39-,40-,41-,42?,43?,44?,45?,46?/m0/s1. The Balaban J connectivity index is 0.711. The highest BCUT2D eigenvalue weighted by molar-refractivity contribution is 7.80. The van der Waals surface area contributed by atoms with E-state index in [1.807, 2.05) is 4.90 Å². The number of likely N-dealkylation sites (tertiary alicyclic amines) is 11. The average molecular weight is 1140 g/mol. The molecule has 5 unspecified atom stereocenters. The summed E-state index contributed by atoms with van der Waals surface area (Å²) in [5.41, 5.74) is 5.64. The van der Waals surface area contributed by atoms with Gasteiger partial charge in [0.1, 0.15) is 65.4 Å². The number of carbonyl (C=O) groups is 11. The van der Waals surface area contributed by atoms with Gasteiger partial charge in [-0.2, -0.15) is 0 Å². The van der Waals surface area contributed by atoms with Gasteiger partial charge >= 0.3 is 0 Å². The monoisotopic (exact) mass is 1140 g/mol. The van der Waals surface area contributed by atoms with Crippen LogP contribution in [0.4, 0.5) is 0 Å². The highest BCUT2D eigenvalue weighted by Crippen LogP contribution is 2.36. The van der Waals surface area contributed by atoms with E-state index in [1.54, 1.807) is 44.1 Å². The van der Waals surface area contributed by atoms with Gasteiger partial charge in [-0.05, 0) is 141 Å².